The molecule has 0 saturated heterocycles. The Balaban J connectivity index is 3.78. The van der Waals surface area contributed by atoms with E-state index in [9.17, 15) is 15.0 Å². The molecule has 1 amide bonds. The molecule has 0 radical (unpaired) electrons. The van der Waals surface area contributed by atoms with Crippen LogP contribution in [-0.4, -0.2) is 34.4 Å². The fourth-order valence-corrected chi connectivity index (χ4v) is 1.38. The van der Waals surface area contributed by atoms with E-state index in [2.05, 4.69) is 5.32 Å². The first-order valence-electron chi connectivity index (χ1n) is 7.70. The Morgan fingerprint density at radius 1 is 1.14 bits per heavy atom. The van der Waals surface area contributed by atoms with Gasteiger partial charge in [-0.05, 0) is 33.1 Å². The van der Waals surface area contributed by atoms with Crippen molar-refractivity contribution < 1.29 is 15.0 Å². The smallest absolute Gasteiger partial charge is 0.244 e. The molecule has 0 heterocycles. The molecule has 0 aromatic carbocycles. The Morgan fingerprint density at radius 3 is 2.27 bits per heavy atom. The second kappa shape index (κ2) is 12.0. The van der Waals surface area contributed by atoms with Gasteiger partial charge in [-0.2, -0.15) is 0 Å². The summed E-state index contributed by atoms with van der Waals surface area (Å²) in [7, 11) is 0. The zero-order valence-electron chi connectivity index (χ0n) is 13.8. The number of aliphatic hydroxyl groups excluding tert-OH is 1. The van der Waals surface area contributed by atoms with Gasteiger partial charge in [0, 0.05) is 12.6 Å². The number of unbranched alkanes of at least 4 members (excludes halogenated alkanes) is 1. The maximum Gasteiger partial charge on any atom is 0.244 e. The Bertz CT molecular complexity index is 415. The summed E-state index contributed by atoms with van der Waals surface area (Å²) in [4.78, 5) is 11.4. The van der Waals surface area contributed by atoms with Gasteiger partial charge in [0.05, 0.1) is 11.7 Å². The minimum atomic E-state index is -0.896. The normalized spacial score (nSPS) is 14.6. The lowest BCUT2D eigenvalue weighted by atomic mass is 10.1. The summed E-state index contributed by atoms with van der Waals surface area (Å²) >= 11 is 0. The first-order valence-corrected chi connectivity index (χ1v) is 7.70. The van der Waals surface area contributed by atoms with Crippen molar-refractivity contribution in [2.75, 3.05) is 6.54 Å². The van der Waals surface area contributed by atoms with Crippen LogP contribution in [0.15, 0.2) is 48.6 Å². The Hall–Kier alpha value is -1.65. The third-order valence-corrected chi connectivity index (χ3v) is 2.69. The van der Waals surface area contributed by atoms with Crippen LogP contribution < -0.4 is 5.32 Å². The monoisotopic (exact) mass is 307 g/mol. The highest BCUT2D eigenvalue weighted by Crippen LogP contribution is 1.97. The molecule has 124 valence electrons. The summed E-state index contributed by atoms with van der Waals surface area (Å²) in [6, 6.07) is 0. The maximum absolute atomic E-state index is 11.4. The number of carbonyl (C=O) groups excluding carboxylic acids is 1. The molecule has 22 heavy (non-hydrogen) atoms. The van der Waals surface area contributed by atoms with E-state index >= 15 is 0 Å². The fraction of sp³-hybridized carbons (Fsp3) is 0.500. The van der Waals surface area contributed by atoms with Gasteiger partial charge in [0.1, 0.15) is 0 Å². The van der Waals surface area contributed by atoms with E-state index in [1.807, 2.05) is 37.3 Å². The fourth-order valence-electron chi connectivity index (χ4n) is 1.38. The Morgan fingerprint density at radius 2 is 1.73 bits per heavy atom. The van der Waals surface area contributed by atoms with Crippen LogP contribution in [0.25, 0.3) is 0 Å². The highest BCUT2D eigenvalue weighted by molar-refractivity contribution is 5.87. The average Bonchev–Trinajstić information content (AvgIpc) is 2.46. The van der Waals surface area contributed by atoms with Gasteiger partial charge in [-0.3, -0.25) is 4.79 Å². The largest absolute Gasteiger partial charge is 0.389 e. The van der Waals surface area contributed by atoms with Crippen molar-refractivity contribution in [2.24, 2.45) is 0 Å². The molecule has 0 saturated carbocycles. The van der Waals surface area contributed by atoms with Crippen molar-refractivity contribution in [3.63, 3.8) is 0 Å². The Kier molecular flexibility index (Phi) is 11.1. The van der Waals surface area contributed by atoms with Gasteiger partial charge in [-0.15, -0.1) is 0 Å². The summed E-state index contributed by atoms with van der Waals surface area (Å²) in [5, 5.41) is 21.4. The number of allylic oxidation sites excluding steroid dienone is 6. The van der Waals surface area contributed by atoms with Crippen LogP contribution in [0.1, 0.15) is 40.0 Å². The van der Waals surface area contributed by atoms with Gasteiger partial charge in [-0.25, -0.2) is 0 Å². The lowest BCUT2D eigenvalue weighted by Gasteiger charge is -2.16. The predicted molar refractivity (Wildman–Crippen MR) is 91.4 cm³/mol. The standard InChI is InChI=1S/C18H29NO3/c1-4-16(20)13-11-9-7-5-6-8-10-12-14-17(21)19-15-18(2,3)22/h7-14,16,20,22H,4-6,15H2,1-3H3,(H,19,21)/b9-7-,10-8+,13-11+,14-12+. The summed E-state index contributed by atoms with van der Waals surface area (Å²) < 4.78 is 0. The van der Waals surface area contributed by atoms with Crippen molar-refractivity contribution in [3.8, 4) is 0 Å². The third-order valence-electron chi connectivity index (χ3n) is 2.69. The number of amides is 1. The minimum Gasteiger partial charge on any atom is -0.389 e. The molecular weight excluding hydrogens is 278 g/mol. The lowest BCUT2D eigenvalue weighted by molar-refractivity contribution is -0.117. The van der Waals surface area contributed by atoms with Crippen molar-refractivity contribution in [1.29, 1.82) is 0 Å². The molecule has 0 aliphatic rings. The van der Waals surface area contributed by atoms with Gasteiger partial charge < -0.3 is 15.5 Å². The second-order valence-electron chi connectivity index (χ2n) is 5.68. The SMILES string of the molecule is CCC(O)/C=C/C=C\CC/C=C/C=C/C(=O)NCC(C)(C)O. The molecular formula is C18H29NO3. The van der Waals surface area contributed by atoms with Gasteiger partial charge in [0.2, 0.25) is 5.91 Å². The molecule has 0 spiro atoms. The molecule has 0 aromatic rings. The van der Waals surface area contributed by atoms with Crippen molar-refractivity contribution in [2.45, 2.75) is 51.7 Å². The number of rotatable bonds is 10. The van der Waals surface area contributed by atoms with Crippen molar-refractivity contribution in [1.82, 2.24) is 5.32 Å². The van der Waals surface area contributed by atoms with Crippen LogP contribution >= 0.6 is 0 Å². The lowest BCUT2D eigenvalue weighted by Crippen LogP contribution is -2.37. The van der Waals surface area contributed by atoms with Gasteiger partial charge in [0.15, 0.2) is 0 Å². The third kappa shape index (κ3) is 14.8. The zero-order chi connectivity index (χ0) is 16.8. The molecule has 1 unspecified atom stereocenters. The quantitative estimate of drug-likeness (QED) is 0.330. The first-order chi connectivity index (χ1) is 10.3. The van der Waals surface area contributed by atoms with E-state index in [-0.39, 0.29) is 18.6 Å². The number of hydrogen-bond donors (Lipinski definition) is 3. The molecule has 0 fully saturated rings. The molecule has 4 nitrogen and oxygen atoms in total. The zero-order valence-corrected chi connectivity index (χ0v) is 13.8. The molecule has 0 bridgehead atoms. The number of nitrogens with one attached hydrogen (secondary N) is 1. The molecule has 0 aliphatic heterocycles. The molecule has 0 aromatic heterocycles. The van der Waals surface area contributed by atoms with Gasteiger partial charge in [-0.1, -0.05) is 49.5 Å². The Labute approximate surface area is 133 Å². The summed E-state index contributed by atoms with van der Waals surface area (Å²) in [6.45, 7) is 5.44. The summed E-state index contributed by atoms with van der Waals surface area (Å²) in [6.07, 6.45) is 16.6. The molecule has 4 heteroatoms. The number of hydrogen-bond acceptors (Lipinski definition) is 3. The van der Waals surface area contributed by atoms with E-state index in [0.717, 1.165) is 19.3 Å². The van der Waals surface area contributed by atoms with E-state index in [4.69, 9.17) is 0 Å². The maximum atomic E-state index is 11.4. The van der Waals surface area contributed by atoms with Gasteiger partial charge in [0.25, 0.3) is 0 Å². The highest BCUT2D eigenvalue weighted by Gasteiger charge is 2.12. The van der Waals surface area contributed by atoms with Crippen LogP contribution in [0.5, 0.6) is 0 Å². The molecule has 0 rings (SSSR count). The van der Waals surface area contributed by atoms with Crippen LogP contribution in [0, 0.1) is 0 Å². The van der Waals surface area contributed by atoms with E-state index in [0.29, 0.717) is 0 Å². The van der Waals surface area contributed by atoms with Crippen molar-refractivity contribution in [3.05, 3.63) is 48.6 Å². The van der Waals surface area contributed by atoms with Crippen LogP contribution in [-0.2, 0) is 4.79 Å². The average molecular weight is 307 g/mol. The second-order valence-corrected chi connectivity index (χ2v) is 5.68. The number of carbonyl (C=O) groups is 1. The van der Waals surface area contributed by atoms with E-state index in [1.54, 1.807) is 26.0 Å². The van der Waals surface area contributed by atoms with Crippen LogP contribution in [0.4, 0.5) is 0 Å². The first kappa shape index (κ1) is 20.3. The molecule has 3 N–H and O–H groups in total. The van der Waals surface area contributed by atoms with Gasteiger partial charge >= 0.3 is 0 Å². The molecule has 1 atom stereocenters. The summed E-state index contributed by atoms with van der Waals surface area (Å²) in [5.74, 6) is -0.216. The van der Waals surface area contributed by atoms with Crippen LogP contribution in [0.3, 0.4) is 0 Å². The van der Waals surface area contributed by atoms with E-state index in [1.165, 1.54) is 6.08 Å². The predicted octanol–water partition coefficient (Wildman–Crippen LogP) is 2.65. The number of aliphatic hydroxyl groups is 2. The van der Waals surface area contributed by atoms with Crippen LogP contribution in [0.2, 0.25) is 0 Å². The molecule has 0 aliphatic carbocycles. The minimum absolute atomic E-state index is 0.216. The van der Waals surface area contributed by atoms with Crippen molar-refractivity contribution >= 4 is 5.91 Å². The summed E-state index contributed by atoms with van der Waals surface area (Å²) in [5.41, 5.74) is -0.896. The van der Waals surface area contributed by atoms with E-state index < -0.39 is 5.60 Å². The topological polar surface area (TPSA) is 69.6 Å². The highest BCUT2D eigenvalue weighted by atomic mass is 16.3.